The van der Waals surface area contributed by atoms with Crippen LogP contribution in [0.15, 0.2) is 22.7 Å². The van der Waals surface area contributed by atoms with Gasteiger partial charge in [-0.1, -0.05) is 29.3 Å². The fourth-order valence-electron chi connectivity index (χ4n) is 1.83. The standard InChI is InChI=1S/C14H19BrN2O3/c1-3-10(6-13(18)19)8-16-14(20)17-12-5-9(2)4-11(15)7-12/h4-5,7,10H,3,6,8H2,1-2H3,(H,18,19)(H2,16,17,20). The van der Waals surface area contributed by atoms with E-state index in [1.165, 1.54) is 0 Å². The molecule has 0 aliphatic carbocycles. The molecule has 0 spiro atoms. The topological polar surface area (TPSA) is 78.4 Å². The molecule has 1 aromatic carbocycles. The fraction of sp³-hybridized carbons (Fsp3) is 0.429. The van der Waals surface area contributed by atoms with Gasteiger partial charge in [-0.15, -0.1) is 0 Å². The molecule has 0 aliphatic heterocycles. The molecule has 2 amide bonds. The molecule has 0 saturated heterocycles. The van der Waals surface area contributed by atoms with Gasteiger partial charge in [0, 0.05) is 23.1 Å². The Kier molecular flexibility index (Phi) is 6.51. The molecule has 0 radical (unpaired) electrons. The molecule has 110 valence electrons. The van der Waals surface area contributed by atoms with Crippen molar-refractivity contribution in [3.05, 3.63) is 28.2 Å². The number of amides is 2. The highest BCUT2D eigenvalue weighted by Gasteiger charge is 2.12. The van der Waals surface area contributed by atoms with Crippen molar-refractivity contribution in [3.8, 4) is 0 Å². The number of benzene rings is 1. The van der Waals surface area contributed by atoms with Crippen molar-refractivity contribution in [2.24, 2.45) is 5.92 Å². The quantitative estimate of drug-likeness (QED) is 0.741. The Labute approximate surface area is 126 Å². The molecule has 6 heteroatoms. The summed E-state index contributed by atoms with van der Waals surface area (Å²) in [6.07, 6.45) is 0.773. The van der Waals surface area contributed by atoms with Gasteiger partial charge >= 0.3 is 12.0 Å². The third kappa shape index (κ3) is 6.06. The molecule has 0 bridgehead atoms. The Morgan fingerprint density at radius 1 is 1.35 bits per heavy atom. The van der Waals surface area contributed by atoms with Gasteiger partial charge in [-0.05, 0) is 36.6 Å². The van der Waals surface area contributed by atoms with Gasteiger partial charge in [0.25, 0.3) is 0 Å². The van der Waals surface area contributed by atoms with E-state index in [4.69, 9.17) is 5.11 Å². The Hall–Kier alpha value is -1.56. The van der Waals surface area contributed by atoms with Crippen molar-refractivity contribution < 1.29 is 14.7 Å². The van der Waals surface area contributed by atoms with E-state index >= 15 is 0 Å². The van der Waals surface area contributed by atoms with Crippen LogP contribution >= 0.6 is 15.9 Å². The zero-order valence-electron chi connectivity index (χ0n) is 11.6. The van der Waals surface area contributed by atoms with E-state index in [1.54, 1.807) is 6.07 Å². The minimum atomic E-state index is -0.846. The molecule has 20 heavy (non-hydrogen) atoms. The maximum Gasteiger partial charge on any atom is 0.319 e. The average molecular weight is 343 g/mol. The van der Waals surface area contributed by atoms with Gasteiger partial charge in [0.05, 0.1) is 0 Å². The van der Waals surface area contributed by atoms with Crippen molar-refractivity contribution in [2.45, 2.75) is 26.7 Å². The van der Waals surface area contributed by atoms with E-state index < -0.39 is 5.97 Å². The van der Waals surface area contributed by atoms with Crippen LogP contribution in [-0.2, 0) is 4.79 Å². The summed E-state index contributed by atoms with van der Waals surface area (Å²) in [5, 5.41) is 14.2. The molecule has 0 aliphatic rings. The highest BCUT2D eigenvalue weighted by molar-refractivity contribution is 9.10. The highest BCUT2D eigenvalue weighted by atomic mass is 79.9. The summed E-state index contributed by atoms with van der Waals surface area (Å²) in [6, 6.07) is 5.29. The molecule has 1 aromatic rings. The zero-order chi connectivity index (χ0) is 15.1. The maximum atomic E-state index is 11.8. The first-order valence-electron chi connectivity index (χ1n) is 6.44. The molecular formula is C14H19BrN2O3. The van der Waals surface area contributed by atoms with Gasteiger partial charge in [0.2, 0.25) is 0 Å². The molecule has 0 heterocycles. The van der Waals surface area contributed by atoms with Gasteiger partial charge in [0.1, 0.15) is 0 Å². The third-order valence-corrected chi connectivity index (χ3v) is 3.35. The van der Waals surface area contributed by atoms with E-state index in [0.717, 1.165) is 10.0 Å². The average Bonchev–Trinajstić information content (AvgIpc) is 2.32. The van der Waals surface area contributed by atoms with Crippen LogP contribution in [0.4, 0.5) is 10.5 Å². The summed E-state index contributed by atoms with van der Waals surface area (Å²) in [5.74, 6) is -0.899. The van der Waals surface area contributed by atoms with Gasteiger partial charge in [-0.3, -0.25) is 4.79 Å². The first-order valence-corrected chi connectivity index (χ1v) is 7.23. The fourth-order valence-corrected chi connectivity index (χ4v) is 2.44. The van der Waals surface area contributed by atoms with Crippen LogP contribution in [0, 0.1) is 12.8 Å². The summed E-state index contributed by atoms with van der Waals surface area (Å²) in [4.78, 5) is 22.4. The molecule has 5 nitrogen and oxygen atoms in total. The predicted molar refractivity (Wildman–Crippen MR) is 81.9 cm³/mol. The molecule has 1 rings (SSSR count). The summed E-state index contributed by atoms with van der Waals surface area (Å²) in [7, 11) is 0. The number of aliphatic carboxylic acids is 1. The van der Waals surface area contributed by atoms with Crippen LogP contribution in [0.1, 0.15) is 25.3 Å². The lowest BCUT2D eigenvalue weighted by Crippen LogP contribution is -2.33. The summed E-state index contributed by atoms with van der Waals surface area (Å²) < 4.78 is 0.894. The van der Waals surface area contributed by atoms with E-state index in [2.05, 4.69) is 26.6 Å². The van der Waals surface area contributed by atoms with Crippen molar-refractivity contribution in [1.29, 1.82) is 0 Å². The first kappa shape index (κ1) is 16.5. The zero-order valence-corrected chi connectivity index (χ0v) is 13.2. The van der Waals surface area contributed by atoms with Crippen LogP contribution < -0.4 is 10.6 Å². The van der Waals surface area contributed by atoms with Crippen LogP contribution in [0.2, 0.25) is 0 Å². The third-order valence-electron chi connectivity index (χ3n) is 2.89. The predicted octanol–water partition coefficient (Wildman–Crippen LogP) is 3.38. The Morgan fingerprint density at radius 2 is 2.05 bits per heavy atom. The van der Waals surface area contributed by atoms with Gasteiger partial charge < -0.3 is 15.7 Å². The number of rotatable bonds is 6. The number of carboxylic acids is 1. The monoisotopic (exact) mass is 342 g/mol. The van der Waals surface area contributed by atoms with E-state index in [9.17, 15) is 9.59 Å². The van der Waals surface area contributed by atoms with Gasteiger partial charge in [0.15, 0.2) is 0 Å². The Morgan fingerprint density at radius 3 is 2.60 bits per heavy atom. The number of halogens is 1. The van der Waals surface area contributed by atoms with Crippen molar-refractivity contribution in [3.63, 3.8) is 0 Å². The lowest BCUT2D eigenvalue weighted by atomic mass is 10.0. The minimum Gasteiger partial charge on any atom is -0.481 e. The van der Waals surface area contributed by atoms with Crippen LogP contribution in [0.5, 0.6) is 0 Å². The number of urea groups is 1. The number of carbonyl (C=O) groups excluding carboxylic acids is 1. The molecule has 1 atom stereocenters. The number of aryl methyl sites for hydroxylation is 1. The van der Waals surface area contributed by atoms with Crippen molar-refractivity contribution in [2.75, 3.05) is 11.9 Å². The number of anilines is 1. The van der Waals surface area contributed by atoms with Crippen LogP contribution in [0.3, 0.4) is 0 Å². The largest absolute Gasteiger partial charge is 0.481 e. The summed E-state index contributed by atoms with van der Waals surface area (Å²) in [6.45, 7) is 4.19. The van der Waals surface area contributed by atoms with Gasteiger partial charge in [-0.2, -0.15) is 0 Å². The van der Waals surface area contributed by atoms with Gasteiger partial charge in [-0.25, -0.2) is 4.79 Å². The lowest BCUT2D eigenvalue weighted by Gasteiger charge is -2.14. The number of carboxylic acid groups (broad SMARTS) is 1. The van der Waals surface area contributed by atoms with Crippen molar-refractivity contribution >= 4 is 33.6 Å². The van der Waals surface area contributed by atoms with E-state index in [1.807, 2.05) is 26.0 Å². The minimum absolute atomic E-state index is 0.0532. The molecule has 0 fully saturated rings. The van der Waals surface area contributed by atoms with Crippen molar-refractivity contribution in [1.82, 2.24) is 5.32 Å². The lowest BCUT2D eigenvalue weighted by molar-refractivity contribution is -0.138. The summed E-state index contributed by atoms with van der Waals surface area (Å²) >= 11 is 3.37. The molecular weight excluding hydrogens is 324 g/mol. The molecule has 0 aromatic heterocycles. The Bertz CT molecular complexity index is 471. The SMILES string of the molecule is CCC(CNC(=O)Nc1cc(C)cc(Br)c1)CC(=O)O. The number of nitrogens with one attached hydrogen (secondary N) is 2. The molecule has 0 saturated carbocycles. The normalized spacial score (nSPS) is 11.8. The highest BCUT2D eigenvalue weighted by Crippen LogP contribution is 2.18. The number of carbonyl (C=O) groups is 2. The second-order valence-electron chi connectivity index (χ2n) is 4.72. The van der Waals surface area contributed by atoms with Crippen LogP contribution in [0.25, 0.3) is 0 Å². The summed E-state index contributed by atoms with van der Waals surface area (Å²) in [5.41, 5.74) is 1.73. The Balaban J connectivity index is 2.48. The second-order valence-corrected chi connectivity index (χ2v) is 5.64. The molecule has 3 N–H and O–H groups in total. The first-order chi connectivity index (χ1) is 9.40. The number of hydrogen-bond donors (Lipinski definition) is 3. The van der Waals surface area contributed by atoms with E-state index in [-0.39, 0.29) is 18.4 Å². The molecule has 1 unspecified atom stereocenters. The second kappa shape index (κ2) is 7.89. The number of hydrogen-bond acceptors (Lipinski definition) is 2. The van der Waals surface area contributed by atoms with E-state index in [0.29, 0.717) is 18.7 Å². The van der Waals surface area contributed by atoms with Crippen LogP contribution in [-0.4, -0.2) is 23.7 Å². The maximum absolute atomic E-state index is 11.8. The smallest absolute Gasteiger partial charge is 0.319 e.